The highest BCUT2D eigenvalue weighted by Crippen LogP contribution is 2.24. The molecule has 2 aromatic carbocycles. The number of halogens is 1. The SMILES string of the molecule is COc1ccc(CC(=O)NNC(=O)c2ccccc2Br)c(OC)c1. The Kier molecular flexibility index (Phi) is 6.20. The first-order chi connectivity index (χ1) is 11.5. The van der Waals surface area contributed by atoms with Gasteiger partial charge in [-0.05, 0) is 34.1 Å². The molecule has 0 fully saturated rings. The Bertz CT molecular complexity index is 749. The zero-order valence-electron chi connectivity index (χ0n) is 13.3. The van der Waals surface area contributed by atoms with Crippen LogP contribution in [0.1, 0.15) is 15.9 Å². The summed E-state index contributed by atoms with van der Waals surface area (Å²) in [4.78, 5) is 24.1. The quantitative estimate of drug-likeness (QED) is 0.766. The van der Waals surface area contributed by atoms with E-state index in [1.165, 1.54) is 7.11 Å². The Morgan fingerprint density at radius 1 is 1.04 bits per heavy atom. The topological polar surface area (TPSA) is 76.7 Å². The zero-order chi connectivity index (χ0) is 17.5. The molecule has 0 radical (unpaired) electrons. The number of ether oxygens (including phenoxy) is 2. The summed E-state index contributed by atoms with van der Waals surface area (Å²) in [6, 6.07) is 12.1. The van der Waals surface area contributed by atoms with Gasteiger partial charge in [0, 0.05) is 16.1 Å². The standard InChI is InChI=1S/C17H17BrN2O4/c1-23-12-8-7-11(15(10-12)24-2)9-16(21)19-20-17(22)13-5-3-4-6-14(13)18/h3-8,10H,9H2,1-2H3,(H,19,21)(H,20,22). The minimum Gasteiger partial charge on any atom is -0.497 e. The molecule has 0 saturated heterocycles. The number of amides is 2. The number of benzene rings is 2. The molecule has 6 nitrogen and oxygen atoms in total. The van der Waals surface area contributed by atoms with Crippen molar-refractivity contribution in [2.45, 2.75) is 6.42 Å². The summed E-state index contributed by atoms with van der Waals surface area (Å²) in [5, 5.41) is 0. The number of carbonyl (C=O) groups excluding carboxylic acids is 2. The number of carbonyl (C=O) groups is 2. The highest BCUT2D eigenvalue weighted by atomic mass is 79.9. The van der Waals surface area contributed by atoms with E-state index in [1.807, 2.05) is 0 Å². The molecule has 126 valence electrons. The first-order valence-corrected chi connectivity index (χ1v) is 7.89. The molecule has 0 aromatic heterocycles. The third-order valence-corrected chi connectivity index (χ3v) is 3.97. The third kappa shape index (κ3) is 4.48. The van der Waals surface area contributed by atoms with Gasteiger partial charge >= 0.3 is 0 Å². The van der Waals surface area contributed by atoms with Gasteiger partial charge < -0.3 is 9.47 Å². The van der Waals surface area contributed by atoms with Crippen molar-refractivity contribution in [2.24, 2.45) is 0 Å². The first kappa shape index (κ1) is 17.8. The molecule has 0 aliphatic carbocycles. The molecule has 24 heavy (non-hydrogen) atoms. The first-order valence-electron chi connectivity index (χ1n) is 7.09. The Labute approximate surface area is 148 Å². The summed E-state index contributed by atoms with van der Waals surface area (Å²) < 4.78 is 11.0. The van der Waals surface area contributed by atoms with Crippen molar-refractivity contribution in [1.82, 2.24) is 10.9 Å². The van der Waals surface area contributed by atoms with Crippen molar-refractivity contribution in [3.8, 4) is 11.5 Å². The lowest BCUT2D eigenvalue weighted by atomic mass is 10.1. The second kappa shape index (κ2) is 8.35. The monoisotopic (exact) mass is 392 g/mol. The normalized spacial score (nSPS) is 9.96. The lowest BCUT2D eigenvalue weighted by Gasteiger charge is -2.11. The van der Waals surface area contributed by atoms with Crippen LogP contribution in [0.5, 0.6) is 11.5 Å². The van der Waals surface area contributed by atoms with Gasteiger partial charge in [0.15, 0.2) is 0 Å². The van der Waals surface area contributed by atoms with Gasteiger partial charge in [0.05, 0.1) is 26.2 Å². The highest BCUT2D eigenvalue weighted by molar-refractivity contribution is 9.10. The van der Waals surface area contributed by atoms with Crippen LogP contribution in [0.3, 0.4) is 0 Å². The molecular formula is C17H17BrN2O4. The summed E-state index contributed by atoms with van der Waals surface area (Å²) in [5.74, 6) is 0.413. The molecule has 0 unspecified atom stereocenters. The van der Waals surface area contributed by atoms with Crippen LogP contribution >= 0.6 is 15.9 Å². The van der Waals surface area contributed by atoms with Gasteiger partial charge in [0.1, 0.15) is 11.5 Å². The Morgan fingerprint density at radius 2 is 1.79 bits per heavy atom. The lowest BCUT2D eigenvalue weighted by molar-refractivity contribution is -0.121. The van der Waals surface area contributed by atoms with Crippen molar-refractivity contribution >= 4 is 27.7 Å². The number of rotatable bonds is 5. The van der Waals surface area contributed by atoms with Gasteiger partial charge in [-0.3, -0.25) is 20.4 Å². The Hall–Kier alpha value is -2.54. The maximum absolute atomic E-state index is 12.0. The molecule has 2 N–H and O–H groups in total. The molecule has 0 aliphatic heterocycles. The second-order valence-electron chi connectivity index (χ2n) is 4.84. The molecule has 2 rings (SSSR count). The molecule has 0 atom stereocenters. The average molecular weight is 393 g/mol. The molecule has 0 aliphatic rings. The predicted molar refractivity (Wildman–Crippen MR) is 93.0 cm³/mol. The average Bonchev–Trinajstić information content (AvgIpc) is 2.60. The summed E-state index contributed by atoms with van der Waals surface area (Å²) in [5.41, 5.74) is 5.89. The molecule has 0 bridgehead atoms. The van der Waals surface area contributed by atoms with E-state index in [4.69, 9.17) is 9.47 Å². The van der Waals surface area contributed by atoms with E-state index < -0.39 is 5.91 Å². The van der Waals surface area contributed by atoms with Crippen LogP contribution in [0.15, 0.2) is 46.9 Å². The van der Waals surface area contributed by atoms with Gasteiger partial charge in [0.25, 0.3) is 5.91 Å². The smallest absolute Gasteiger partial charge is 0.270 e. The van der Waals surface area contributed by atoms with Crippen molar-refractivity contribution in [2.75, 3.05) is 14.2 Å². The minimum atomic E-state index is -0.405. The second-order valence-corrected chi connectivity index (χ2v) is 5.69. The van der Waals surface area contributed by atoms with Gasteiger partial charge in [0.2, 0.25) is 5.91 Å². The van der Waals surface area contributed by atoms with E-state index in [2.05, 4.69) is 26.8 Å². The van der Waals surface area contributed by atoms with Crippen molar-refractivity contribution in [3.05, 3.63) is 58.1 Å². The highest BCUT2D eigenvalue weighted by Gasteiger charge is 2.13. The number of nitrogens with one attached hydrogen (secondary N) is 2. The minimum absolute atomic E-state index is 0.0589. The van der Waals surface area contributed by atoms with E-state index in [9.17, 15) is 9.59 Å². The largest absolute Gasteiger partial charge is 0.497 e. The lowest BCUT2D eigenvalue weighted by Crippen LogP contribution is -2.42. The van der Waals surface area contributed by atoms with E-state index >= 15 is 0 Å². The molecule has 0 saturated carbocycles. The Morgan fingerprint density at radius 3 is 2.46 bits per heavy atom. The van der Waals surface area contributed by atoms with Crippen molar-refractivity contribution in [1.29, 1.82) is 0 Å². The van der Waals surface area contributed by atoms with Crippen LogP contribution in [0, 0.1) is 0 Å². The fourth-order valence-electron chi connectivity index (χ4n) is 2.05. The van der Waals surface area contributed by atoms with E-state index in [1.54, 1.807) is 49.6 Å². The summed E-state index contributed by atoms with van der Waals surface area (Å²) in [7, 11) is 3.07. The number of hydrazine groups is 1. The van der Waals surface area contributed by atoms with Gasteiger partial charge in [-0.15, -0.1) is 0 Å². The number of methoxy groups -OCH3 is 2. The van der Waals surface area contributed by atoms with Crippen LogP contribution in [0.25, 0.3) is 0 Å². The fourth-order valence-corrected chi connectivity index (χ4v) is 2.52. The van der Waals surface area contributed by atoms with Gasteiger partial charge in [-0.2, -0.15) is 0 Å². The maximum atomic E-state index is 12.0. The predicted octanol–water partition coefficient (Wildman–Crippen LogP) is 2.47. The zero-order valence-corrected chi connectivity index (χ0v) is 14.8. The molecule has 0 spiro atoms. The van der Waals surface area contributed by atoms with Crippen LogP contribution in [-0.2, 0) is 11.2 Å². The van der Waals surface area contributed by atoms with E-state index in [0.717, 1.165) is 0 Å². The molecule has 7 heteroatoms. The summed E-state index contributed by atoms with van der Waals surface area (Å²) in [6.45, 7) is 0. The maximum Gasteiger partial charge on any atom is 0.270 e. The van der Waals surface area contributed by atoms with E-state index in [0.29, 0.717) is 27.1 Å². The summed E-state index contributed by atoms with van der Waals surface area (Å²) in [6.07, 6.45) is 0.0589. The molecule has 2 amide bonds. The van der Waals surface area contributed by atoms with Crippen LogP contribution in [0.2, 0.25) is 0 Å². The number of hydrogen-bond acceptors (Lipinski definition) is 4. The van der Waals surface area contributed by atoms with Gasteiger partial charge in [-0.25, -0.2) is 0 Å². The van der Waals surface area contributed by atoms with E-state index in [-0.39, 0.29) is 12.3 Å². The van der Waals surface area contributed by atoms with Crippen LogP contribution in [-0.4, -0.2) is 26.0 Å². The molecular weight excluding hydrogens is 376 g/mol. The van der Waals surface area contributed by atoms with Crippen LogP contribution in [0.4, 0.5) is 0 Å². The van der Waals surface area contributed by atoms with Gasteiger partial charge in [-0.1, -0.05) is 18.2 Å². The van der Waals surface area contributed by atoms with Crippen molar-refractivity contribution < 1.29 is 19.1 Å². The fraction of sp³-hybridized carbons (Fsp3) is 0.176. The third-order valence-electron chi connectivity index (χ3n) is 3.28. The number of hydrogen-bond donors (Lipinski definition) is 2. The molecule has 2 aromatic rings. The molecule has 0 heterocycles. The summed E-state index contributed by atoms with van der Waals surface area (Å²) >= 11 is 3.29. The van der Waals surface area contributed by atoms with Crippen LogP contribution < -0.4 is 20.3 Å². The van der Waals surface area contributed by atoms with Crippen molar-refractivity contribution in [3.63, 3.8) is 0 Å². The Balaban J connectivity index is 1.96.